The Morgan fingerprint density at radius 2 is 2.20 bits per heavy atom. The van der Waals surface area contributed by atoms with Crippen molar-refractivity contribution >= 4 is 11.6 Å². The van der Waals surface area contributed by atoms with E-state index in [2.05, 4.69) is 41.6 Å². The number of hydrogen-bond acceptors (Lipinski definition) is 2. The van der Waals surface area contributed by atoms with Crippen LogP contribution in [0.5, 0.6) is 0 Å². The van der Waals surface area contributed by atoms with Crippen molar-refractivity contribution in [3.8, 4) is 0 Å². The quantitative estimate of drug-likeness (QED) is 0.697. The van der Waals surface area contributed by atoms with Crippen LogP contribution >= 0.6 is 11.6 Å². The van der Waals surface area contributed by atoms with Crippen molar-refractivity contribution in [2.75, 3.05) is 19.5 Å². The topological polar surface area (TPSA) is 21.1 Å². The van der Waals surface area contributed by atoms with E-state index in [0.29, 0.717) is 5.88 Å². The molecular weight excluding hydrogens is 210 g/mol. The smallest absolute Gasteiger partial charge is 0.0625 e. The normalized spacial score (nSPS) is 11.3. The summed E-state index contributed by atoms with van der Waals surface area (Å²) in [6.45, 7) is 7.03. The lowest BCUT2D eigenvalue weighted by molar-refractivity contribution is 0.334. The van der Waals surface area contributed by atoms with Gasteiger partial charge in [0.15, 0.2) is 0 Å². The van der Waals surface area contributed by atoms with Gasteiger partial charge >= 0.3 is 0 Å². The van der Waals surface area contributed by atoms with Crippen molar-refractivity contribution in [1.82, 2.24) is 14.7 Å². The fourth-order valence-corrected chi connectivity index (χ4v) is 1.88. The van der Waals surface area contributed by atoms with E-state index in [9.17, 15) is 0 Å². The highest BCUT2D eigenvalue weighted by Crippen LogP contribution is 2.08. The minimum Gasteiger partial charge on any atom is -0.299 e. The SMILES string of the molecule is CCc1cc(CN(C)CCCl)n(CC)n1. The second-order valence-electron chi connectivity index (χ2n) is 3.72. The van der Waals surface area contributed by atoms with Gasteiger partial charge in [-0.05, 0) is 26.5 Å². The predicted octanol–water partition coefficient (Wildman–Crippen LogP) is 2.14. The molecule has 0 aliphatic carbocycles. The summed E-state index contributed by atoms with van der Waals surface area (Å²) in [6.07, 6.45) is 0.999. The molecule has 4 heteroatoms. The van der Waals surface area contributed by atoms with E-state index >= 15 is 0 Å². The number of halogens is 1. The fraction of sp³-hybridized carbons (Fsp3) is 0.727. The van der Waals surface area contributed by atoms with E-state index in [1.54, 1.807) is 0 Å². The van der Waals surface area contributed by atoms with Crippen LogP contribution in [0.2, 0.25) is 0 Å². The minimum atomic E-state index is 0.678. The van der Waals surface area contributed by atoms with Crippen LogP contribution in [0.25, 0.3) is 0 Å². The zero-order valence-electron chi connectivity index (χ0n) is 9.83. The Labute approximate surface area is 97.0 Å². The maximum absolute atomic E-state index is 5.70. The van der Waals surface area contributed by atoms with Gasteiger partial charge in [0, 0.05) is 25.5 Å². The number of aryl methyl sites for hydroxylation is 2. The van der Waals surface area contributed by atoms with Gasteiger partial charge in [-0.25, -0.2) is 0 Å². The molecule has 0 radical (unpaired) electrons. The first-order chi connectivity index (χ1) is 7.21. The lowest BCUT2D eigenvalue weighted by Gasteiger charge is -2.15. The third-order valence-electron chi connectivity index (χ3n) is 2.47. The van der Waals surface area contributed by atoms with Gasteiger partial charge in [0.25, 0.3) is 0 Å². The maximum atomic E-state index is 5.70. The molecule has 0 aromatic carbocycles. The first-order valence-electron chi connectivity index (χ1n) is 5.51. The number of hydrogen-bond donors (Lipinski definition) is 0. The number of alkyl halides is 1. The van der Waals surface area contributed by atoms with Crippen molar-refractivity contribution in [1.29, 1.82) is 0 Å². The van der Waals surface area contributed by atoms with Gasteiger partial charge in [0.05, 0.1) is 11.4 Å². The van der Waals surface area contributed by atoms with Gasteiger partial charge < -0.3 is 0 Å². The van der Waals surface area contributed by atoms with Crippen LogP contribution in [0.3, 0.4) is 0 Å². The van der Waals surface area contributed by atoms with Crippen LogP contribution in [-0.2, 0) is 19.5 Å². The monoisotopic (exact) mass is 229 g/mol. The average molecular weight is 230 g/mol. The van der Waals surface area contributed by atoms with Gasteiger partial charge in [0.1, 0.15) is 0 Å². The van der Waals surface area contributed by atoms with Gasteiger partial charge in [-0.15, -0.1) is 11.6 Å². The summed E-state index contributed by atoms with van der Waals surface area (Å²) in [5.74, 6) is 0.678. The Bertz CT molecular complexity index is 296. The Morgan fingerprint density at radius 1 is 1.47 bits per heavy atom. The molecule has 1 rings (SSSR count). The molecule has 0 bridgehead atoms. The van der Waals surface area contributed by atoms with Gasteiger partial charge in [0.2, 0.25) is 0 Å². The predicted molar refractivity (Wildman–Crippen MR) is 64.3 cm³/mol. The lowest BCUT2D eigenvalue weighted by Crippen LogP contribution is -2.22. The molecule has 1 aromatic heterocycles. The zero-order valence-corrected chi connectivity index (χ0v) is 10.6. The van der Waals surface area contributed by atoms with Gasteiger partial charge in [-0.2, -0.15) is 5.10 Å². The fourth-order valence-electron chi connectivity index (χ4n) is 1.59. The summed E-state index contributed by atoms with van der Waals surface area (Å²) < 4.78 is 2.07. The van der Waals surface area contributed by atoms with Crippen molar-refractivity contribution in [3.63, 3.8) is 0 Å². The molecule has 3 nitrogen and oxygen atoms in total. The third kappa shape index (κ3) is 3.50. The molecule has 1 heterocycles. The molecule has 0 spiro atoms. The Morgan fingerprint density at radius 3 is 2.73 bits per heavy atom. The molecule has 0 unspecified atom stereocenters. The first kappa shape index (κ1) is 12.5. The molecule has 15 heavy (non-hydrogen) atoms. The molecule has 0 amide bonds. The standard InChI is InChI=1S/C11H20ClN3/c1-4-10-8-11(15(5-2)13-10)9-14(3)7-6-12/h8H,4-7,9H2,1-3H3. The highest BCUT2D eigenvalue weighted by molar-refractivity contribution is 6.18. The summed E-state index contributed by atoms with van der Waals surface area (Å²) in [6, 6.07) is 2.19. The summed E-state index contributed by atoms with van der Waals surface area (Å²) in [4.78, 5) is 2.22. The summed E-state index contributed by atoms with van der Waals surface area (Å²) >= 11 is 5.70. The zero-order chi connectivity index (χ0) is 11.3. The molecule has 86 valence electrons. The first-order valence-corrected chi connectivity index (χ1v) is 6.04. The molecule has 1 aromatic rings. The summed E-state index contributed by atoms with van der Waals surface area (Å²) in [5.41, 5.74) is 2.45. The highest BCUT2D eigenvalue weighted by Gasteiger charge is 2.07. The van der Waals surface area contributed by atoms with E-state index in [1.165, 1.54) is 11.4 Å². The minimum absolute atomic E-state index is 0.678. The van der Waals surface area contributed by atoms with Crippen LogP contribution in [0, 0.1) is 0 Å². The number of rotatable bonds is 6. The Balaban J connectivity index is 2.69. The molecule has 0 saturated heterocycles. The van der Waals surface area contributed by atoms with Crippen LogP contribution in [0.1, 0.15) is 25.2 Å². The van der Waals surface area contributed by atoms with E-state index in [4.69, 9.17) is 11.6 Å². The Hall–Kier alpha value is -0.540. The lowest BCUT2D eigenvalue weighted by atomic mass is 10.3. The molecule has 0 N–H and O–H groups in total. The molecule has 0 saturated carbocycles. The largest absolute Gasteiger partial charge is 0.299 e. The second-order valence-corrected chi connectivity index (χ2v) is 4.10. The Kier molecular flexibility index (Phi) is 5.12. The van der Waals surface area contributed by atoms with Crippen molar-refractivity contribution < 1.29 is 0 Å². The summed E-state index contributed by atoms with van der Waals surface area (Å²) in [7, 11) is 2.08. The van der Waals surface area contributed by atoms with Crippen LogP contribution in [0.4, 0.5) is 0 Å². The van der Waals surface area contributed by atoms with Crippen LogP contribution in [-0.4, -0.2) is 34.2 Å². The van der Waals surface area contributed by atoms with Gasteiger partial charge in [-0.1, -0.05) is 6.92 Å². The number of nitrogens with zero attached hydrogens (tertiary/aromatic N) is 3. The maximum Gasteiger partial charge on any atom is 0.0625 e. The van der Waals surface area contributed by atoms with E-state index in [0.717, 1.165) is 26.1 Å². The van der Waals surface area contributed by atoms with Crippen LogP contribution < -0.4 is 0 Å². The average Bonchev–Trinajstić information content (AvgIpc) is 2.60. The molecule has 0 atom stereocenters. The third-order valence-corrected chi connectivity index (χ3v) is 2.64. The van der Waals surface area contributed by atoms with E-state index in [-0.39, 0.29) is 0 Å². The van der Waals surface area contributed by atoms with Crippen molar-refractivity contribution in [2.24, 2.45) is 0 Å². The molecule has 0 fully saturated rings. The van der Waals surface area contributed by atoms with Crippen molar-refractivity contribution in [2.45, 2.75) is 33.4 Å². The second kappa shape index (κ2) is 6.13. The van der Waals surface area contributed by atoms with E-state index < -0.39 is 0 Å². The van der Waals surface area contributed by atoms with Crippen molar-refractivity contribution in [3.05, 3.63) is 17.5 Å². The molecule has 0 aliphatic rings. The summed E-state index contributed by atoms with van der Waals surface area (Å²) in [5, 5.41) is 4.52. The number of aromatic nitrogens is 2. The van der Waals surface area contributed by atoms with Crippen LogP contribution in [0.15, 0.2) is 6.07 Å². The highest BCUT2D eigenvalue weighted by atomic mass is 35.5. The molecular formula is C11H20ClN3. The molecule has 0 aliphatic heterocycles. The van der Waals surface area contributed by atoms with E-state index in [1.807, 2.05) is 0 Å². The van der Waals surface area contributed by atoms with Gasteiger partial charge in [-0.3, -0.25) is 9.58 Å².